The molecule has 0 aliphatic heterocycles. The molecule has 74 valence electrons. The molecule has 0 rings (SSSR count). The summed E-state index contributed by atoms with van der Waals surface area (Å²) in [4.78, 5) is 0. The second kappa shape index (κ2) is 4.74. The molecule has 0 bridgehead atoms. The largest absolute Gasteiger partial charge is 0.497 e. The van der Waals surface area contributed by atoms with Crippen LogP contribution in [0.1, 0.15) is 6.92 Å². The monoisotopic (exact) mass is 192 g/mol. The molecule has 1 nitrogen and oxygen atoms in total. The first-order chi connectivity index (χ1) is 5.91. The van der Waals surface area contributed by atoms with Gasteiger partial charge in [-0.15, -0.1) is 0 Å². The zero-order valence-corrected chi connectivity index (χ0v) is 7.48. The van der Waals surface area contributed by atoms with E-state index in [-0.39, 0.29) is 5.76 Å². The molecule has 0 fully saturated rings. The molecule has 0 radical (unpaired) electrons. The maximum absolute atomic E-state index is 12.1. The van der Waals surface area contributed by atoms with Crippen molar-refractivity contribution in [1.29, 1.82) is 0 Å². The Hall–Kier alpha value is -1.19. The quantitative estimate of drug-likeness (QED) is 0.492. The van der Waals surface area contributed by atoms with Gasteiger partial charge in [0.25, 0.3) is 0 Å². The molecule has 0 aromatic rings. The molecule has 0 aromatic carbocycles. The van der Waals surface area contributed by atoms with E-state index in [1.807, 2.05) is 0 Å². The van der Waals surface area contributed by atoms with Crippen molar-refractivity contribution in [3.63, 3.8) is 0 Å². The zero-order chi connectivity index (χ0) is 10.5. The van der Waals surface area contributed by atoms with E-state index in [2.05, 4.69) is 11.3 Å². The van der Waals surface area contributed by atoms with Crippen molar-refractivity contribution in [2.75, 3.05) is 7.11 Å². The van der Waals surface area contributed by atoms with Gasteiger partial charge in [-0.1, -0.05) is 12.7 Å². The lowest BCUT2D eigenvalue weighted by atomic mass is 10.2. The third-order valence-corrected chi connectivity index (χ3v) is 1.35. The summed E-state index contributed by atoms with van der Waals surface area (Å²) in [6.07, 6.45) is -1.24. The average Bonchev–Trinajstić information content (AvgIpc) is 2.02. The van der Waals surface area contributed by atoms with Crippen LogP contribution < -0.4 is 0 Å². The molecule has 0 aliphatic rings. The van der Waals surface area contributed by atoms with Crippen molar-refractivity contribution >= 4 is 0 Å². The molecule has 0 heterocycles. The van der Waals surface area contributed by atoms with Crippen LogP contribution in [-0.2, 0) is 4.74 Å². The number of allylic oxidation sites excluding steroid dienone is 4. The minimum atomic E-state index is -4.32. The van der Waals surface area contributed by atoms with Crippen molar-refractivity contribution in [1.82, 2.24) is 0 Å². The van der Waals surface area contributed by atoms with Crippen LogP contribution in [0.2, 0.25) is 0 Å². The fraction of sp³-hybridized carbons (Fsp3) is 0.333. The minimum Gasteiger partial charge on any atom is -0.497 e. The smallest absolute Gasteiger partial charge is 0.416 e. The van der Waals surface area contributed by atoms with Crippen molar-refractivity contribution in [3.8, 4) is 0 Å². The van der Waals surface area contributed by atoms with Gasteiger partial charge in [-0.3, -0.25) is 0 Å². The van der Waals surface area contributed by atoms with Crippen molar-refractivity contribution in [3.05, 3.63) is 36.1 Å². The molecule has 0 N–H and O–H groups in total. The normalized spacial score (nSPS) is 13.5. The highest BCUT2D eigenvalue weighted by Gasteiger charge is 2.30. The lowest BCUT2D eigenvalue weighted by Crippen LogP contribution is -2.09. The SMILES string of the molecule is C=C(/C=C\C(=C/C)C(F)(F)F)OC. The van der Waals surface area contributed by atoms with Gasteiger partial charge < -0.3 is 4.74 Å². The summed E-state index contributed by atoms with van der Waals surface area (Å²) in [7, 11) is 1.34. The van der Waals surface area contributed by atoms with Gasteiger partial charge >= 0.3 is 6.18 Å². The first kappa shape index (κ1) is 11.8. The summed E-state index contributed by atoms with van der Waals surface area (Å²) in [6.45, 7) is 4.68. The van der Waals surface area contributed by atoms with Crippen LogP contribution >= 0.6 is 0 Å². The predicted octanol–water partition coefficient (Wildman–Crippen LogP) is 3.21. The Kier molecular flexibility index (Phi) is 4.31. The van der Waals surface area contributed by atoms with Crippen LogP contribution in [0.15, 0.2) is 36.1 Å². The van der Waals surface area contributed by atoms with Crippen LogP contribution in [0.3, 0.4) is 0 Å². The summed E-state index contributed by atoms with van der Waals surface area (Å²) < 4.78 is 40.8. The van der Waals surface area contributed by atoms with E-state index in [0.717, 1.165) is 12.2 Å². The van der Waals surface area contributed by atoms with Gasteiger partial charge in [0.2, 0.25) is 0 Å². The standard InChI is InChI=1S/C9H11F3O/c1-4-8(9(10,11)12)6-5-7(2)13-3/h4-6H,2H2,1,3H3/b6-5-,8-4+. The van der Waals surface area contributed by atoms with E-state index in [1.165, 1.54) is 20.1 Å². The molecular formula is C9H11F3O. The molecule has 0 atom stereocenters. The number of hydrogen-bond donors (Lipinski definition) is 0. The Balaban J connectivity index is 4.50. The molecular weight excluding hydrogens is 181 g/mol. The van der Waals surface area contributed by atoms with E-state index in [0.29, 0.717) is 0 Å². The number of ether oxygens (including phenoxy) is 1. The predicted molar refractivity (Wildman–Crippen MR) is 45.1 cm³/mol. The molecule has 4 heteroatoms. The molecule has 0 aromatic heterocycles. The number of rotatable bonds is 3. The van der Waals surface area contributed by atoms with Crippen LogP contribution in [0.4, 0.5) is 13.2 Å². The summed E-state index contributed by atoms with van der Waals surface area (Å²) in [5, 5.41) is 0. The van der Waals surface area contributed by atoms with Gasteiger partial charge in [-0.2, -0.15) is 13.2 Å². The Morgan fingerprint density at radius 3 is 2.15 bits per heavy atom. The second-order valence-corrected chi connectivity index (χ2v) is 2.25. The second-order valence-electron chi connectivity index (χ2n) is 2.25. The van der Waals surface area contributed by atoms with Crippen molar-refractivity contribution < 1.29 is 17.9 Å². The summed E-state index contributed by atoms with van der Waals surface area (Å²) in [6, 6.07) is 0. The van der Waals surface area contributed by atoms with Crippen LogP contribution in [-0.4, -0.2) is 13.3 Å². The molecule has 0 unspecified atom stereocenters. The highest BCUT2D eigenvalue weighted by molar-refractivity contribution is 5.27. The molecule has 0 amide bonds. The lowest BCUT2D eigenvalue weighted by Gasteiger charge is -2.06. The Morgan fingerprint density at radius 1 is 1.31 bits per heavy atom. The van der Waals surface area contributed by atoms with Crippen LogP contribution in [0, 0.1) is 0 Å². The fourth-order valence-corrected chi connectivity index (χ4v) is 0.605. The fourth-order valence-electron chi connectivity index (χ4n) is 0.605. The van der Waals surface area contributed by atoms with Gasteiger partial charge in [-0.05, 0) is 19.1 Å². The Bertz CT molecular complexity index is 236. The summed E-state index contributed by atoms with van der Waals surface area (Å²) in [5.41, 5.74) is -0.717. The number of hydrogen-bond acceptors (Lipinski definition) is 1. The first-order valence-electron chi connectivity index (χ1n) is 3.56. The number of alkyl halides is 3. The molecule has 0 saturated heterocycles. The van der Waals surface area contributed by atoms with E-state index >= 15 is 0 Å². The van der Waals surface area contributed by atoms with E-state index in [4.69, 9.17) is 0 Å². The summed E-state index contributed by atoms with van der Waals surface area (Å²) >= 11 is 0. The third-order valence-electron chi connectivity index (χ3n) is 1.35. The lowest BCUT2D eigenvalue weighted by molar-refractivity contribution is -0.0883. The maximum Gasteiger partial charge on any atom is 0.416 e. The average molecular weight is 192 g/mol. The first-order valence-corrected chi connectivity index (χ1v) is 3.56. The van der Waals surface area contributed by atoms with Gasteiger partial charge in [-0.25, -0.2) is 0 Å². The molecule has 13 heavy (non-hydrogen) atoms. The zero-order valence-electron chi connectivity index (χ0n) is 7.48. The van der Waals surface area contributed by atoms with Crippen LogP contribution in [0.5, 0.6) is 0 Å². The topological polar surface area (TPSA) is 9.23 Å². The maximum atomic E-state index is 12.1. The van der Waals surface area contributed by atoms with Gasteiger partial charge in [0.1, 0.15) is 5.76 Å². The van der Waals surface area contributed by atoms with Gasteiger partial charge in [0, 0.05) is 0 Å². The minimum absolute atomic E-state index is 0.184. The Labute approximate surface area is 75.2 Å². The summed E-state index contributed by atoms with van der Waals surface area (Å²) in [5.74, 6) is 0.184. The van der Waals surface area contributed by atoms with Crippen molar-refractivity contribution in [2.45, 2.75) is 13.1 Å². The van der Waals surface area contributed by atoms with E-state index < -0.39 is 11.7 Å². The van der Waals surface area contributed by atoms with Gasteiger partial charge in [0.15, 0.2) is 0 Å². The molecule has 0 saturated carbocycles. The Morgan fingerprint density at radius 2 is 1.85 bits per heavy atom. The molecule has 0 spiro atoms. The number of halogens is 3. The van der Waals surface area contributed by atoms with E-state index in [9.17, 15) is 13.2 Å². The molecule has 0 aliphatic carbocycles. The van der Waals surface area contributed by atoms with E-state index in [1.54, 1.807) is 0 Å². The van der Waals surface area contributed by atoms with Crippen molar-refractivity contribution in [2.24, 2.45) is 0 Å². The highest BCUT2D eigenvalue weighted by atomic mass is 19.4. The third kappa shape index (κ3) is 4.40. The number of methoxy groups -OCH3 is 1. The van der Waals surface area contributed by atoms with Gasteiger partial charge in [0.05, 0.1) is 12.7 Å². The highest BCUT2D eigenvalue weighted by Crippen LogP contribution is 2.26. The van der Waals surface area contributed by atoms with Crippen LogP contribution in [0.25, 0.3) is 0 Å².